The fraction of sp³-hybridized carbons (Fsp3) is 0.500. The molecule has 4 heteroatoms. The van der Waals surface area contributed by atoms with Crippen LogP contribution in [0.15, 0.2) is 15.2 Å². The summed E-state index contributed by atoms with van der Waals surface area (Å²) in [6.45, 7) is 1.70. The lowest BCUT2D eigenvalue weighted by molar-refractivity contribution is -0.108. The third-order valence-electron chi connectivity index (χ3n) is 0.762. The van der Waals surface area contributed by atoms with Crippen LogP contribution in [0.3, 0.4) is 0 Å². The van der Waals surface area contributed by atoms with E-state index in [0.717, 1.165) is 0 Å². The molecule has 1 aliphatic heterocycles. The van der Waals surface area contributed by atoms with Crippen LogP contribution in [-0.2, 0) is 4.79 Å². The van der Waals surface area contributed by atoms with Crippen molar-refractivity contribution in [3.05, 3.63) is 0 Å². The van der Waals surface area contributed by atoms with Gasteiger partial charge in [-0.05, 0) is 6.92 Å². The van der Waals surface area contributed by atoms with Gasteiger partial charge in [0.1, 0.15) is 5.84 Å². The van der Waals surface area contributed by atoms with Gasteiger partial charge >= 0.3 is 0 Å². The minimum atomic E-state index is -0.560. The smallest absolute Gasteiger partial charge is 0.217 e. The summed E-state index contributed by atoms with van der Waals surface area (Å²) in [6.07, 6.45) is 0.0926. The second kappa shape index (κ2) is 1.81. The van der Waals surface area contributed by atoms with Crippen molar-refractivity contribution in [1.29, 1.82) is 0 Å². The maximum atomic E-state index is 9.89. The third-order valence-corrected chi connectivity index (χ3v) is 0.762. The maximum Gasteiger partial charge on any atom is 0.217 e. The van der Waals surface area contributed by atoms with Gasteiger partial charge in [-0.2, -0.15) is 5.11 Å². The van der Waals surface area contributed by atoms with Crippen LogP contribution in [-0.4, -0.2) is 18.3 Å². The zero-order chi connectivity index (χ0) is 5.98. The molecule has 1 unspecified atom stereocenters. The predicted octanol–water partition coefficient (Wildman–Crippen LogP) is 0.396. The molecule has 0 aromatic heterocycles. The summed E-state index contributed by atoms with van der Waals surface area (Å²) >= 11 is 0. The van der Waals surface area contributed by atoms with E-state index in [1.165, 1.54) is 0 Å². The molecule has 42 valence electrons. The Kier molecular flexibility index (Phi) is 1.15. The highest BCUT2D eigenvalue weighted by Crippen LogP contribution is 2.00. The fourth-order valence-electron chi connectivity index (χ4n) is 0.443. The van der Waals surface area contributed by atoms with E-state index in [1.807, 2.05) is 0 Å². The van der Waals surface area contributed by atoms with E-state index in [0.29, 0.717) is 12.1 Å². The van der Waals surface area contributed by atoms with Gasteiger partial charge in [-0.3, -0.25) is 4.79 Å². The van der Waals surface area contributed by atoms with Crippen LogP contribution >= 0.6 is 0 Å². The second-order valence-electron chi connectivity index (χ2n) is 1.44. The van der Waals surface area contributed by atoms with Gasteiger partial charge in [0.25, 0.3) is 0 Å². The highest BCUT2D eigenvalue weighted by Gasteiger charge is 2.07. The Morgan fingerprint density at radius 2 is 2.50 bits per heavy atom. The largest absolute Gasteiger partial charge is 0.299 e. The minimum absolute atomic E-state index is 0.560. The number of amidine groups is 1. The van der Waals surface area contributed by atoms with E-state index in [-0.39, 0.29) is 0 Å². The number of hydrogen-bond donors (Lipinski definition) is 0. The topological polar surface area (TPSA) is 54.1 Å². The number of azo groups is 1. The number of aliphatic imine (C=N–C) groups is 1. The number of aldehydes is 1. The van der Waals surface area contributed by atoms with Crippen LogP contribution in [0.4, 0.5) is 0 Å². The first-order valence-electron chi connectivity index (χ1n) is 2.23. The Morgan fingerprint density at radius 1 is 1.75 bits per heavy atom. The molecule has 0 aromatic rings. The average molecular weight is 111 g/mol. The average Bonchev–Trinajstić information content (AvgIpc) is 2.14. The van der Waals surface area contributed by atoms with Crippen molar-refractivity contribution in [2.24, 2.45) is 15.2 Å². The highest BCUT2D eigenvalue weighted by atomic mass is 16.1. The molecule has 0 spiro atoms. The van der Waals surface area contributed by atoms with E-state index in [1.54, 1.807) is 6.92 Å². The predicted molar refractivity (Wildman–Crippen MR) is 27.8 cm³/mol. The summed E-state index contributed by atoms with van der Waals surface area (Å²) in [4.78, 5) is 13.6. The molecule has 0 saturated heterocycles. The number of carbonyl (C=O) groups is 1. The summed E-state index contributed by atoms with van der Waals surface area (Å²) in [6, 6.07) is 0. The molecule has 0 fully saturated rings. The molecule has 0 bridgehead atoms. The number of nitrogens with zero attached hydrogens (tertiary/aromatic N) is 3. The molecule has 0 aromatic carbocycles. The Hall–Kier alpha value is -1.06. The molecule has 1 aliphatic rings. The summed E-state index contributed by atoms with van der Waals surface area (Å²) in [7, 11) is 0. The maximum absolute atomic E-state index is 9.89. The quantitative estimate of drug-likeness (QED) is 0.452. The van der Waals surface area contributed by atoms with Gasteiger partial charge in [-0.1, -0.05) is 0 Å². The van der Waals surface area contributed by atoms with Crippen molar-refractivity contribution in [1.82, 2.24) is 0 Å². The van der Waals surface area contributed by atoms with Crippen LogP contribution in [0.5, 0.6) is 0 Å². The van der Waals surface area contributed by atoms with Gasteiger partial charge in [-0.25, -0.2) is 4.99 Å². The lowest BCUT2D eigenvalue weighted by Crippen LogP contribution is -1.96. The first-order valence-corrected chi connectivity index (χ1v) is 2.23. The molecular weight excluding hydrogens is 106 g/mol. The van der Waals surface area contributed by atoms with Gasteiger partial charge < -0.3 is 0 Å². The van der Waals surface area contributed by atoms with E-state index in [4.69, 9.17) is 0 Å². The van der Waals surface area contributed by atoms with E-state index < -0.39 is 6.17 Å². The highest BCUT2D eigenvalue weighted by molar-refractivity contribution is 5.83. The van der Waals surface area contributed by atoms with Crippen molar-refractivity contribution < 1.29 is 4.79 Å². The van der Waals surface area contributed by atoms with Crippen molar-refractivity contribution in [2.45, 2.75) is 13.1 Å². The Labute approximate surface area is 46.3 Å². The zero-order valence-electron chi connectivity index (χ0n) is 4.40. The van der Waals surface area contributed by atoms with Crippen LogP contribution in [0.2, 0.25) is 0 Å². The molecule has 0 aliphatic carbocycles. The molecular formula is C4H5N3O. The number of carbonyl (C=O) groups excluding carboxylic acids is 1. The lowest BCUT2D eigenvalue weighted by Gasteiger charge is -1.81. The number of rotatable bonds is 1. The van der Waals surface area contributed by atoms with Crippen molar-refractivity contribution in [3.63, 3.8) is 0 Å². The molecule has 0 amide bonds. The summed E-state index contributed by atoms with van der Waals surface area (Å²) < 4.78 is 0. The monoisotopic (exact) mass is 111 g/mol. The molecule has 8 heavy (non-hydrogen) atoms. The molecule has 0 saturated carbocycles. The van der Waals surface area contributed by atoms with E-state index >= 15 is 0 Å². The van der Waals surface area contributed by atoms with Crippen molar-refractivity contribution in [3.8, 4) is 0 Å². The van der Waals surface area contributed by atoms with Gasteiger partial charge in [0, 0.05) is 0 Å². The van der Waals surface area contributed by atoms with E-state index in [2.05, 4.69) is 15.2 Å². The minimum Gasteiger partial charge on any atom is -0.299 e. The number of hydrogen-bond acceptors (Lipinski definition) is 4. The van der Waals surface area contributed by atoms with Crippen LogP contribution in [0, 0.1) is 0 Å². The Morgan fingerprint density at radius 3 is 2.75 bits per heavy atom. The molecule has 4 nitrogen and oxygen atoms in total. The Bertz CT molecular complexity index is 161. The first kappa shape index (κ1) is 5.08. The second-order valence-corrected chi connectivity index (χ2v) is 1.44. The van der Waals surface area contributed by atoms with Gasteiger partial charge in [-0.15, -0.1) is 5.11 Å². The fourth-order valence-corrected chi connectivity index (χ4v) is 0.443. The molecule has 0 radical (unpaired) electrons. The lowest BCUT2D eigenvalue weighted by atomic mass is 10.6. The Balaban J connectivity index is 2.68. The third kappa shape index (κ3) is 0.776. The molecule has 0 N–H and O–H groups in total. The van der Waals surface area contributed by atoms with Crippen molar-refractivity contribution >= 4 is 12.1 Å². The summed E-state index contributed by atoms with van der Waals surface area (Å²) in [5.74, 6) is 0.571. The molecule has 1 rings (SSSR count). The first-order chi connectivity index (χ1) is 3.83. The summed E-state index contributed by atoms with van der Waals surface area (Å²) in [5.41, 5.74) is 0. The van der Waals surface area contributed by atoms with Gasteiger partial charge in [0.2, 0.25) is 6.17 Å². The molecule has 1 heterocycles. The van der Waals surface area contributed by atoms with Gasteiger partial charge in [0.05, 0.1) is 0 Å². The van der Waals surface area contributed by atoms with Gasteiger partial charge in [0.15, 0.2) is 6.29 Å². The molecule has 1 atom stereocenters. The normalized spacial score (nSPS) is 25.6. The van der Waals surface area contributed by atoms with Crippen LogP contribution < -0.4 is 0 Å². The SMILES string of the molecule is CC1=NC(C=O)N=N1. The summed E-state index contributed by atoms with van der Waals surface area (Å²) in [5, 5.41) is 7.02. The zero-order valence-corrected chi connectivity index (χ0v) is 4.40. The standard InChI is InChI=1S/C4H5N3O/c1-3-5-4(2-8)7-6-3/h2,4H,1H3. The van der Waals surface area contributed by atoms with Crippen molar-refractivity contribution in [2.75, 3.05) is 0 Å². The van der Waals surface area contributed by atoms with Crippen LogP contribution in [0.1, 0.15) is 6.92 Å². The van der Waals surface area contributed by atoms with E-state index in [9.17, 15) is 4.79 Å². The van der Waals surface area contributed by atoms with Crippen LogP contribution in [0.25, 0.3) is 0 Å².